The van der Waals surface area contributed by atoms with Gasteiger partial charge in [0, 0.05) is 19.5 Å². The molecule has 1 fully saturated rings. The molecule has 0 aromatic carbocycles. The van der Waals surface area contributed by atoms with E-state index < -0.39 is 6.10 Å². The summed E-state index contributed by atoms with van der Waals surface area (Å²) in [5, 5.41) is 15.7. The lowest BCUT2D eigenvalue weighted by Gasteiger charge is -2.20. The summed E-state index contributed by atoms with van der Waals surface area (Å²) in [5.74, 6) is -0.105. The molecule has 3 N–H and O–H groups in total. The number of rotatable bonds is 4. The second kappa shape index (κ2) is 5.44. The number of carbonyl (C=O) groups is 1. The van der Waals surface area contributed by atoms with Crippen LogP contribution in [0.5, 0.6) is 0 Å². The van der Waals surface area contributed by atoms with Crippen LogP contribution >= 0.6 is 0 Å². The van der Waals surface area contributed by atoms with Crippen LogP contribution in [0.4, 0.5) is 0 Å². The SMILES string of the molecule is CC(=O)NC[C@H]1OC[C@@H](NC(C)C)[C@@H]1O. The van der Waals surface area contributed by atoms with E-state index in [-0.39, 0.29) is 18.1 Å². The summed E-state index contributed by atoms with van der Waals surface area (Å²) in [6.45, 7) is 6.35. The highest BCUT2D eigenvalue weighted by Gasteiger charge is 2.35. The minimum Gasteiger partial charge on any atom is -0.389 e. The molecule has 1 heterocycles. The third kappa shape index (κ3) is 3.77. The summed E-state index contributed by atoms with van der Waals surface area (Å²) in [4.78, 5) is 10.7. The van der Waals surface area contributed by atoms with Gasteiger partial charge in [0.1, 0.15) is 6.10 Å². The Morgan fingerprint density at radius 1 is 1.60 bits per heavy atom. The fraction of sp³-hybridized carbons (Fsp3) is 0.900. The Kier molecular flexibility index (Phi) is 4.50. The average Bonchev–Trinajstić information content (AvgIpc) is 2.44. The Hall–Kier alpha value is -0.650. The van der Waals surface area contributed by atoms with Gasteiger partial charge in [-0.2, -0.15) is 0 Å². The molecule has 0 saturated carbocycles. The van der Waals surface area contributed by atoms with Crippen molar-refractivity contribution in [3.63, 3.8) is 0 Å². The van der Waals surface area contributed by atoms with Gasteiger partial charge in [0.25, 0.3) is 0 Å². The van der Waals surface area contributed by atoms with E-state index in [1.807, 2.05) is 13.8 Å². The van der Waals surface area contributed by atoms with E-state index in [0.717, 1.165) is 0 Å². The predicted octanol–water partition coefficient (Wildman–Crippen LogP) is -0.751. The fourth-order valence-electron chi connectivity index (χ4n) is 1.68. The first-order chi connectivity index (χ1) is 7.00. The maximum atomic E-state index is 10.7. The van der Waals surface area contributed by atoms with E-state index >= 15 is 0 Å². The molecule has 0 aromatic rings. The molecule has 0 bridgehead atoms. The lowest BCUT2D eigenvalue weighted by molar-refractivity contribution is -0.119. The summed E-state index contributed by atoms with van der Waals surface area (Å²) in [7, 11) is 0. The Bertz CT molecular complexity index is 221. The minimum atomic E-state index is -0.556. The molecule has 0 unspecified atom stereocenters. The van der Waals surface area contributed by atoms with Gasteiger partial charge in [0.15, 0.2) is 0 Å². The second-order valence-corrected chi connectivity index (χ2v) is 4.23. The van der Waals surface area contributed by atoms with E-state index in [2.05, 4.69) is 10.6 Å². The van der Waals surface area contributed by atoms with Gasteiger partial charge in [0.2, 0.25) is 5.91 Å². The van der Waals surface area contributed by atoms with Crippen LogP contribution in [0.3, 0.4) is 0 Å². The first-order valence-electron chi connectivity index (χ1n) is 5.31. The summed E-state index contributed by atoms with van der Waals surface area (Å²) in [6, 6.07) is 0.275. The summed E-state index contributed by atoms with van der Waals surface area (Å²) < 4.78 is 5.40. The van der Waals surface area contributed by atoms with E-state index in [1.54, 1.807) is 0 Å². The largest absolute Gasteiger partial charge is 0.389 e. The van der Waals surface area contributed by atoms with Crippen LogP contribution in [0.1, 0.15) is 20.8 Å². The summed E-state index contributed by atoms with van der Waals surface area (Å²) in [5.41, 5.74) is 0. The number of hydrogen-bond acceptors (Lipinski definition) is 4. The molecule has 5 heteroatoms. The first kappa shape index (κ1) is 12.4. The molecule has 1 amide bonds. The molecule has 1 aliphatic heterocycles. The monoisotopic (exact) mass is 216 g/mol. The molecule has 88 valence electrons. The maximum absolute atomic E-state index is 10.7. The van der Waals surface area contributed by atoms with Crippen molar-refractivity contribution in [3.05, 3.63) is 0 Å². The molecular formula is C10H20N2O3. The smallest absolute Gasteiger partial charge is 0.216 e. The van der Waals surface area contributed by atoms with Crippen molar-refractivity contribution in [1.29, 1.82) is 0 Å². The number of hydrogen-bond donors (Lipinski definition) is 3. The van der Waals surface area contributed by atoms with Crippen LogP contribution in [-0.2, 0) is 9.53 Å². The van der Waals surface area contributed by atoms with Crippen LogP contribution < -0.4 is 10.6 Å². The highest BCUT2D eigenvalue weighted by molar-refractivity contribution is 5.72. The molecule has 1 rings (SSSR count). The van der Waals surface area contributed by atoms with Crippen LogP contribution in [0.25, 0.3) is 0 Å². The van der Waals surface area contributed by atoms with Gasteiger partial charge in [-0.3, -0.25) is 4.79 Å². The zero-order valence-electron chi connectivity index (χ0n) is 9.49. The van der Waals surface area contributed by atoms with Crippen LogP contribution in [0.2, 0.25) is 0 Å². The number of ether oxygens (including phenoxy) is 1. The highest BCUT2D eigenvalue weighted by Crippen LogP contribution is 2.14. The van der Waals surface area contributed by atoms with Crippen molar-refractivity contribution < 1.29 is 14.6 Å². The molecule has 1 aliphatic rings. The van der Waals surface area contributed by atoms with Gasteiger partial charge in [-0.05, 0) is 0 Å². The van der Waals surface area contributed by atoms with Crippen LogP contribution in [0, 0.1) is 0 Å². The molecule has 0 radical (unpaired) electrons. The molecule has 5 nitrogen and oxygen atoms in total. The number of nitrogens with one attached hydrogen (secondary N) is 2. The van der Waals surface area contributed by atoms with E-state index in [9.17, 15) is 9.90 Å². The average molecular weight is 216 g/mol. The number of aliphatic hydroxyl groups excluding tert-OH is 1. The third-order valence-corrected chi connectivity index (χ3v) is 2.38. The summed E-state index contributed by atoms with van der Waals surface area (Å²) in [6.07, 6.45) is -0.857. The Morgan fingerprint density at radius 3 is 2.80 bits per heavy atom. The zero-order valence-corrected chi connectivity index (χ0v) is 9.49. The van der Waals surface area contributed by atoms with Crippen molar-refractivity contribution in [3.8, 4) is 0 Å². The maximum Gasteiger partial charge on any atom is 0.216 e. The summed E-state index contributed by atoms with van der Waals surface area (Å²) >= 11 is 0. The zero-order chi connectivity index (χ0) is 11.4. The topological polar surface area (TPSA) is 70.6 Å². The Balaban J connectivity index is 2.34. The van der Waals surface area contributed by atoms with Crippen molar-refractivity contribution in [1.82, 2.24) is 10.6 Å². The quantitative estimate of drug-likeness (QED) is 0.578. The van der Waals surface area contributed by atoms with Gasteiger partial charge in [0.05, 0.1) is 18.8 Å². The van der Waals surface area contributed by atoms with E-state index in [4.69, 9.17) is 4.74 Å². The van der Waals surface area contributed by atoms with Crippen LogP contribution in [-0.4, -0.2) is 48.5 Å². The number of carbonyl (C=O) groups excluding carboxylic acids is 1. The van der Waals surface area contributed by atoms with E-state index in [1.165, 1.54) is 6.92 Å². The predicted molar refractivity (Wildman–Crippen MR) is 56.5 cm³/mol. The number of aliphatic hydroxyl groups is 1. The Labute approximate surface area is 90.2 Å². The second-order valence-electron chi connectivity index (χ2n) is 4.23. The lowest BCUT2D eigenvalue weighted by atomic mass is 10.1. The van der Waals surface area contributed by atoms with Crippen LogP contribution in [0.15, 0.2) is 0 Å². The van der Waals surface area contributed by atoms with Gasteiger partial charge < -0.3 is 20.5 Å². The van der Waals surface area contributed by atoms with Crippen molar-refractivity contribution in [2.24, 2.45) is 0 Å². The molecule has 1 saturated heterocycles. The molecule has 0 spiro atoms. The molecule has 0 aromatic heterocycles. The Morgan fingerprint density at radius 2 is 2.27 bits per heavy atom. The fourth-order valence-corrected chi connectivity index (χ4v) is 1.68. The van der Waals surface area contributed by atoms with Gasteiger partial charge >= 0.3 is 0 Å². The molecule has 0 aliphatic carbocycles. The van der Waals surface area contributed by atoms with Gasteiger partial charge in [-0.1, -0.05) is 13.8 Å². The van der Waals surface area contributed by atoms with Crippen molar-refractivity contribution >= 4 is 5.91 Å². The normalized spacial score (nSPS) is 30.9. The molecule has 15 heavy (non-hydrogen) atoms. The third-order valence-electron chi connectivity index (χ3n) is 2.38. The lowest BCUT2D eigenvalue weighted by Crippen LogP contribution is -2.46. The standard InChI is InChI=1S/C10H20N2O3/c1-6(2)12-8-5-15-9(10(8)14)4-11-7(3)13/h6,8-10,12,14H,4-5H2,1-3H3,(H,11,13)/t8-,9-,10+/m1/s1. The first-order valence-corrected chi connectivity index (χ1v) is 5.31. The van der Waals surface area contributed by atoms with Gasteiger partial charge in [-0.25, -0.2) is 0 Å². The molecule has 3 atom stereocenters. The van der Waals surface area contributed by atoms with Crippen molar-refractivity contribution in [2.75, 3.05) is 13.2 Å². The van der Waals surface area contributed by atoms with E-state index in [0.29, 0.717) is 19.2 Å². The molecular weight excluding hydrogens is 196 g/mol. The van der Waals surface area contributed by atoms with Gasteiger partial charge in [-0.15, -0.1) is 0 Å². The van der Waals surface area contributed by atoms with Crippen molar-refractivity contribution in [2.45, 2.75) is 45.1 Å². The minimum absolute atomic E-state index is 0.0382. The highest BCUT2D eigenvalue weighted by atomic mass is 16.5. The number of amides is 1.